The van der Waals surface area contributed by atoms with Crippen LogP contribution in [0.3, 0.4) is 0 Å². The van der Waals surface area contributed by atoms with E-state index in [2.05, 4.69) is 10.2 Å². The monoisotopic (exact) mass is 716 g/mol. The number of hydrogen-bond acceptors (Lipinski definition) is 6. The van der Waals surface area contributed by atoms with Crippen LogP contribution in [0.2, 0.25) is 5.02 Å². The summed E-state index contributed by atoms with van der Waals surface area (Å²) in [4.78, 5) is 14.6. The van der Waals surface area contributed by atoms with E-state index in [1.54, 1.807) is 36.4 Å². The standard InChI is InChI=1S/C37H34ClF5N2O5/c38-26-11-9-25(10-12-26)37(48)13-15-45(16-14-37)19-27-17-28(23-5-3-22(20-46)4-6-23)50-36(49-27)24-7-1-21(2-8-24)18-44-35(47)29-30(39)32(41)34(43)33(42)31(29)40/h1-12,27-28,36,46,48H,13-20H2,(H,44,47)/t27-,28+,36+/m0/s1. The molecule has 2 saturated heterocycles. The number of piperidine rings is 1. The molecule has 0 radical (unpaired) electrons. The molecule has 1 amide bonds. The second-order valence-electron chi connectivity index (χ2n) is 12.6. The largest absolute Gasteiger partial charge is 0.392 e. The van der Waals surface area contributed by atoms with E-state index in [-0.39, 0.29) is 25.4 Å². The first kappa shape index (κ1) is 35.9. The number of carbonyl (C=O) groups excluding carboxylic acids is 1. The zero-order valence-electron chi connectivity index (χ0n) is 26.7. The van der Waals surface area contributed by atoms with Gasteiger partial charge in [-0.3, -0.25) is 4.79 Å². The van der Waals surface area contributed by atoms with Crippen LogP contribution in [0.15, 0.2) is 72.8 Å². The first-order chi connectivity index (χ1) is 24.0. The summed E-state index contributed by atoms with van der Waals surface area (Å²) in [5.41, 5.74) is 1.12. The van der Waals surface area contributed by atoms with Gasteiger partial charge in [-0.25, -0.2) is 22.0 Å². The summed E-state index contributed by atoms with van der Waals surface area (Å²) >= 11 is 6.04. The Labute approximate surface area is 290 Å². The summed E-state index contributed by atoms with van der Waals surface area (Å²) < 4.78 is 81.6. The Hall–Kier alpha value is -3.91. The van der Waals surface area contributed by atoms with Gasteiger partial charge in [-0.05, 0) is 47.2 Å². The lowest BCUT2D eigenvalue weighted by Crippen LogP contribution is -2.46. The normalized spacial score (nSPS) is 20.8. The number of nitrogens with one attached hydrogen (secondary N) is 1. The van der Waals surface area contributed by atoms with Crippen molar-refractivity contribution in [2.24, 2.45) is 0 Å². The first-order valence-electron chi connectivity index (χ1n) is 16.1. The second-order valence-corrected chi connectivity index (χ2v) is 13.0. The number of benzene rings is 4. The van der Waals surface area contributed by atoms with Crippen molar-refractivity contribution < 1.29 is 46.4 Å². The first-order valence-corrected chi connectivity index (χ1v) is 16.4. The number of amides is 1. The Morgan fingerprint density at radius 1 is 0.800 bits per heavy atom. The number of aliphatic hydroxyl groups excluding tert-OH is 1. The van der Waals surface area contributed by atoms with Crippen molar-refractivity contribution in [3.63, 3.8) is 0 Å². The van der Waals surface area contributed by atoms with Crippen LogP contribution in [0.25, 0.3) is 0 Å². The molecule has 7 nitrogen and oxygen atoms in total. The van der Waals surface area contributed by atoms with Crippen molar-refractivity contribution in [3.05, 3.63) is 140 Å². The van der Waals surface area contributed by atoms with Gasteiger partial charge in [-0.2, -0.15) is 0 Å². The molecule has 3 atom stereocenters. The minimum Gasteiger partial charge on any atom is -0.392 e. The lowest BCUT2D eigenvalue weighted by molar-refractivity contribution is -0.253. The van der Waals surface area contributed by atoms with Gasteiger partial charge in [0.1, 0.15) is 5.56 Å². The van der Waals surface area contributed by atoms with Gasteiger partial charge in [0.05, 0.1) is 24.4 Å². The van der Waals surface area contributed by atoms with Gasteiger partial charge < -0.3 is 29.9 Å². The van der Waals surface area contributed by atoms with Crippen LogP contribution in [0.4, 0.5) is 22.0 Å². The van der Waals surface area contributed by atoms with Crippen LogP contribution < -0.4 is 5.32 Å². The molecule has 2 aliphatic heterocycles. The molecule has 3 N–H and O–H groups in total. The van der Waals surface area contributed by atoms with Crippen molar-refractivity contribution >= 4 is 17.5 Å². The van der Waals surface area contributed by atoms with Gasteiger partial charge in [0.2, 0.25) is 5.82 Å². The van der Waals surface area contributed by atoms with Crippen LogP contribution in [0, 0.1) is 29.1 Å². The van der Waals surface area contributed by atoms with E-state index in [0.29, 0.717) is 55.0 Å². The van der Waals surface area contributed by atoms with Crippen LogP contribution in [0.1, 0.15) is 69.8 Å². The Kier molecular flexibility index (Phi) is 10.9. The number of halogens is 6. The quantitative estimate of drug-likeness (QED) is 0.0984. The molecule has 0 spiro atoms. The molecule has 50 heavy (non-hydrogen) atoms. The van der Waals surface area contributed by atoms with E-state index < -0.39 is 52.4 Å². The number of ether oxygens (including phenoxy) is 2. The van der Waals surface area contributed by atoms with E-state index in [1.807, 2.05) is 36.4 Å². The molecule has 4 aromatic rings. The Bertz CT molecular complexity index is 1790. The predicted octanol–water partition coefficient (Wildman–Crippen LogP) is 6.99. The molecule has 13 heteroatoms. The lowest BCUT2D eigenvalue weighted by Gasteiger charge is -2.42. The topological polar surface area (TPSA) is 91.3 Å². The highest BCUT2D eigenvalue weighted by atomic mass is 35.5. The maximum atomic E-state index is 14.1. The van der Waals surface area contributed by atoms with Crippen LogP contribution in [-0.4, -0.2) is 46.8 Å². The average molecular weight is 717 g/mol. The zero-order chi connectivity index (χ0) is 35.6. The van der Waals surface area contributed by atoms with E-state index in [4.69, 9.17) is 21.1 Å². The summed E-state index contributed by atoms with van der Waals surface area (Å²) in [6, 6.07) is 21.4. The van der Waals surface area contributed by atoms with E-state index >= 15 is 0 Å². The molecule has 2 heterocycles. The van der Waals surface area contributed by atoms with Crippen LogP contribution in [0.5, 0.6) is 0 Å². The molecular formula is C37H34ClF5N2O5. The zero-order valence-corrected chi connectivity index (χ0v) is 27.4. The highest BCUT2D eigenvalue weighted by Crippen LogP contribution is 2.39. The van der Waals surface area contributed by atoms with Crippen LogP contribution >= 0.6 is 11.6 Å². The molecule has 2 fully saturated rings. The molecule has 0 saturated carbocycles. The summed E-state index contributed by atoms with van der Waals surface area (Å²) in [5, 5.41) is 23.6. The Morgan fingerprint density at radius 3 is 1.96 bits per heavy atom. The molecule has 264 valence electrons. The Morgan fingerprint density at radius 2 is 1.36 bits per heavy atom. The molecular weight excluding hydrogens is 683 g/mol. The molecule has 0 aromatic heterocycles. The molecule has 4 aromatic carbocycles. The number of nitrogens with zero attached hydrogens (tertiary/aromatic N) is 1. The molecule has 0 aliphatic carbocycles. The van der Waals surface area contributed by atoms with Gasteiger partial charge in [-0.1, -0.05) is 72.3 Å². The van der Waals surface area contributed by atoms with Crippen molar-refractivity contribution in [3.8, 4) is 0 Å². The summed E-state index contributed by atoms with van der Waals surface area (Å²) in [6.45, 7) is 1.53. The predicted molar refractivity (Wildman–Crippen MR) is 173 cm³/mol. The summed E-state index contributed by atoms with van der Waals surface area (Å²) in [7, 11) is 0. The van der Waals surface area contributed by atoms with Crippen molar-refractivity contribution in [1.29, 1.82) is 0 Å². The van der Waals surface area contributed by atoms with E-state index in [9.17, 15) is 37.0 Å². The van der Waals surface area contributed by atoms with Gasteiger partial charge >= 0.3 is 0 Å². The second kappa shape index (κ2) is 15.1. The molecule has 0 unspecified atom stereocenters. The van der Waals surface area contributed by atoms with Gasteiger partial charge in [-0.15, -0.1) is 0 Å². The Balaban J connectivity index is 1.13. The summed E-state index contributed by atoms with van der Waals surface area (Å²) in [5.74, 6) is -12.6. The van der Waals surface area contributed by atoms with Gasteiger partial charge in [0.15, 0.2) is 29.6 Å². The van der Waals surface area contributed by atoms with Crippen molar-refractivity contribution in [1.82, 2.24) is 10.2 Å². The number of aliphatic hydroxyl groups is 2. The highest BCUT2D eigenvalue weighted by Gasteiger charge is 2.37. The number of likely N-dealkylation sites (tertiary alicyclic amines) is 1. The third-order valence-corrected chi connectivity index (χ3v) is 9.54. The fourth-order valence-electron chi connectivity index (χ4n) is 6.34. The fraction of sp³-hybridized carbons (Fsp3) is 0.324. The SMILES string of the molecule is O=C(NCc1ccc([C@@H]2O[C@H](CN3CCC(O)(c4ccc(Cl)cc4)CC3)C[C@H](c3ccc(CO)cc3)O2)cc1)c1c(F)c(F)c(F)c(F)c1F. The smallest absolute Gasteiger partial charge is 0.257 e. The van der Waals surface area contributed by atoms with Crippen LogP contribution in [-0.2, 0) is 28.2 Å². The maximum Gasteiger partial charge on any atom is 0.257 e. The highest BCUT2D eigenvalue weighted by molar-refractivity contribution is 6.30. The average Bonchev–Trinajstić information content (AvgIpc) is 3.13. The van der Waals surface area contributed by atoms with Crippen molar-refractivity contribution in [2.45, 2.75) is 56.5 Å². The number of hydrogen-bond donors (Lipinski definition) is 3. The summed E-state index contributed by atoms with van der Waals surface area (Å²) in [6.07, 6.45) is 0.241. The number of rotatable bonds is 9. The molecule has 6 rings (SSSR count). The third-order valence-electron chi connectivity index (χ3n) is 9.28. The minimum atomic E-state index is -2.34. The van der Waals surface area contributed by atoms with Crippen molar-refractivity contribution in [2.75, 3.05) is 19.6 Å². The van der Waals surface area contributed by atoms with E-state index in [1.165, 1.54) is 0 Å². The van der Waals surface area contributed by atoms with Gasteiger partial charge in [0.25, 0.3) is 5.91 Å². The third kappa shape index (κ3) is 7.70. The minimum absolute atomic E-state index is 0.0914. The molecule has 2 aliphatic rings. The maximum absolute atomic E-state index is 14.1. The molecule has 0 bridgehead atoms. The fourth-order valence-corrected chi connectivity index (χ4v) is 6.47. The van der Waals surface area contributed by atoms with Gasteiger partial charge in [0, 0.05) is 43.2 Å². The number of carbonyl (C=O) groups is 1. The van der Waals surface area contributed by atoms with E-state index in [0.717, 1.165) is 16.7 Å². The lowest BCUT2D eigenvalue weighted by atomic mass is 9.84.